The van der Waals surface area contributed by atoms with Gasteiger partial charge in [0, 0.05) is 6.54 Å². The van der Waals surface area contributed by atoms with E-state index < -0.39 is 30.0 Å². The van der Waals surface area contributed by atoms with Crippen LogP contribution in [-0.4, -0.2) is 70.8 Å². The second-order valence-electron chi connectivity index (χ2n) is 6.49. The Hall–Kier alpha value is -1.54. The predicted octanol–water partition coefficient (Wildman–Crippen LogP) is 1.03. The fourth-order valence-electron chi connectivity index (χ4n) is 2.15. The van der Waals surface area contributed by atoms with Gasteiger partial charge in [0.25, 0.3) is 0 Å². The Morgan fingerprint density at radius 3 is 2.55 bits per heavy atom. The van der Waals surface area contributed by atoms with Crippen molar-refractivity contribution in [3.8, 4) is 0 Å². The van der Waals surface area contributed by atoms with Crippen LogP contribution < -0.4 is 5.32 Å². The van der Waals surface area contributed by atoms with Crippen molar-refractivity contribution < 1.29 is 29.3 Å². The van der Waals surface area contributed by atoms with Crippen LogP contribution in [0.25, 0.3) is 0 Å². The van der Waals surface area contributed by atoms with Crippen LogP contribution in [-0.2, 0) is 9.47 Å². The number of carboxylic acid groups (broad SMARTS) is 1. The molecule has 8 heteroatoms. The molecule has 0 aromatic heterocycles. The average molecular weight is 318 g/mol. The molecule has 3 unspecified atom stereocenters. The number of nitrogens with zero attached hydrogens (tertiary/aromatic N) is 1. The maximum absolute atomic E-state index is 11.9. The van der Waals surface area contributed by atoms with Crippen molar-refractivity contribution in [2.24, 2.45) is 0 Å². The van der Waals surface area contributed by atoms with Gasteiger partial charge in [0.1, 0.15) is 5.60 Å². The Labute approximate surface area is 130 Å². The van der Waals surface area contributed by atoms with Crippen molar-refractivity contribution in [2.75, 3.05) is 19.7 Å². The first-order chi connectivity index (χ1) is 10.1. The number of hydrogen-bond donors (Lipinski definition) is 3. The first-order valence-corrected chi connectivity index (χ1v) is 7.35. The fraction of sp³-hybridized carbons (Fsp3) is 0.857. The molecule has 1 fully saturated rings. The lowest BCUT2D eigenvalue weighted by Gasteiger charge is -2.37. The van der Waals surface area contributed by atoms with Gasteiger partial charge in [-0.25, -0.2) is 9.59 Å². The van der Waals surface area contributed by atoms with Gasteiger partial charge in [-0.1, -0.05) is 0 Å². The van der Waals surface area contributed by atoms with Crippen LogP contribution in [0.5, 0.6) is 0 Å². The lowest BCUT2D eigenvalue weighted by Crippen LogP contribution is -2.56. The minimum atomic E-state index is -1.03. The van der Waals surface area contributed by atoms with E-state index in [9.17, 15) is 14.7 Å². The Balaban J connectivity index is 2.64. The standard InChI is InChI=1S/C14H26N2O6/c1-9(17)8-21-11-7-16(13(19)20)6-5-10(11)15-12(18)22-14(2,3)4/h9-11,17H,5-8H2,1-4H3,(H,15,18)(H,19,20). The summed E-state index contributed by atoms with van der Waals surface area (Å²) in [5.41, 5.74) is -0.609. The molecule has 1 aliphatic rings. The highest BCUT2D eigenvalue weighted by atomic mass is 16.6. The van der Waals surface area contributed by atoms with Crippen LogP contribution >= 0.6 is 0 Å². The number of hydrogen-bond acceptors (Lipinski definition) is 5. The Bertz CT molecular complexity index is 393. The molecule has 1 saturated heterocycles. The van der Waals surface area contributed by atoms with Crippen LogP contribution in [0.15, 0.2) is 0 Å². The second-order valence-corrected chi connectivity index (χ2v) is 6.49. The number of aliphatic hydroxyl groups excluding tert-OH is 1. The van der Waals surface area contributed by atoms with Gasteiger partial charge in [0.05, 0.1) is 31.4 Å². The third kappa shape index (κ3) is 6.48. The topological polar surface area (TPSA) is 108 Å². The number of amides is 2. The van der Waals surface area contributed by atoms with Gasteiger partial charge in [-0.3, -0.25) is 0 Å². The van der Waals surface area contributed by atoms with E-state index in [2.05, 4.69) is 5.32 Å². The molecule has 0 aromatic rings. The zero-order chi connectivity index (χ0) is 16.9. The van der Waals surface area contributed by atoms with E-state index in [0.717, 1.165) is 0 Å². The van der Waals surface area contributed by atoms with Crippen molar-refractivity contribution in [3.05, 3.63) is 0 Å². The largest absolute Gasteiger partial charge is 0.465 e. The highest BCUT2D eigenvalue weighted by Gasteiger charge is 2.34. The van der Waals surface area contributed by atoms with Crippen LogP contribution in [0, 0.1) is 0 Å². The first-order valence-electron chi connectivity index (χ1n) is 7.35. The molecule has 1 heterocycles. The Kier molecular flexibility index (Phi) is 6.43. The Morgan fingerprint density at radius 1 is 1.41 bits per heavy atom. The Morgan fingerprint density at radius 2 is 2.05 bits per heavy atom. The van der Waals surface area contributed by atoms with E-state index in [-0.39, 0.29) is 19.2 Å². The normalized spacial score (nSPS) is 23.8. The molecule has 8 nitrogen and oxygen atoms in total. The maximum atomic E-state index is 11.9. The fourth-order valence-corrected chi connectivity index (χ4v) is 2.15. The van der Waals surface area contributed by atoms with Crippen molar-refractivity contribution in [1.29, 1.82) is 0 Å². The molecule has 0 aliphatic carbocycles. The van der Waals surface area contributed by atoms with Crippen LogP contribution in [0.3, 0.4) is 0 Å². The number of aliphatic hydroxyl groups is 1. The summed E-state index contributed by atoms with van der Waals surface area (Å²) in [6, 6.07) is -0.357. The third-order valence-corrected chi connectivity index (χ3v) is 3.08. The van der Waals surface area contributed by atoms with Gasteiger partial charge in [0.2, 0.25) is 0 Å². The van der Waals surface area contributed by atoms with E-state index in [1.54, 1.807) is 27.7 Å². The van der Waals surface area contributed by atoms with Crippen molar-refractivity contribution in [2.45, 2.75) is 58.0 Å². The van der Waals surface area contributed by atoms with Crippen LogP contribution in [0.4, 0.5) is 9.59 Å². The molecule has 1 aliphatic heterocycles. The van der Waals surface area contributed by atoms with Gasteiger partial charge in [-0.2, -0.15) is 0 Å². The number of likely N-dealkylation sites (tertiary alicyclic amines) is 1. The highest BCUT2D eigenvalue weighted by Crippen LogP contribution is 2.16. The summed E-state index contributed by atoms with van der Waals surface area (Å²) in [6.07, 6.45) is -2.35. The number of nitrogens with one attached hydrogen (secondary N) is 1. The van der Waals surface area contributed by atoms with E-state index in [1.165, 1.54) is 4.90 Å². The molecular weight excluding hydrogens is 292 g/mol. The number of rotatable bonds is 4. The number of alkyl carbamates (subject to hydrolysis) is 1. The molecule has 22 heavy (non-hydrogen) atoms. The summed E-state index contributed by atoms with van der Waals surface area (Å²) in [5, 5.41) is 21.1. The second kappa shape index (κ2) is 7.64. The zero-order valence-electron chi connectivity index (χ0n) is 13.5. The van der Waals surface area contributed by atoms with Crippen LogP contribution in [0.1, 0.15) is 34.1 Å². The summed E-state index contributed by atoms with van der Waals surface area (Å²) in [7, 11) is 0. The molecule has 3 atom stereocenters. The van der Waals surface area contributed by atoms with E-state index >= 15 is 0 Å². The van der Waals surface area contributed by atoms with Gasteiger partial charge in [0.15, 0.2) is 0 Å². The molecule has 3 N–H and O–H groups in total. The summed E-state index contributed by atoms with van der Waals surface area (Å²) in [6.45, 7) is 7.40. The summed E-state index contributed by atoms with van der Waals surface area (Å²) in [5.74, 6) is 0. The minimum Gasteiger partial charge on any atom is -0.465 e. The predicted molar refractivity (Wildman–Crippen MR) is 78.8 cm³/mol. The molecular formula is C14H26N2O6. The third-order valence-electron chi connectivity index (χ3n) is 3.08. The summed E-state index contributed by atoms with van der Waals surface area (Å²) in [4.78, 5) is 24.2. The minimum absolute atomic E-state index is 0.0740. The van der Waals surface area contributed by atoms with E-state index in [1.807, 2.05) is 0 Å². The molecule has 0 bridgehead atoms. The monoisotopic (exact) mass is 318 g/mol. The maximum Gasteiger partial charge on any atom is 0.407 e. The SMILES string of the molecule is CC(O)COC1CN(C(=O)O)CCC1NC(=O)OC(C)(C)C. The quantitative estimate of drug-likeness (QED) is 0.714. The molecule has 2 amide bonds. The molecule has 0 saturated carbocycles. The van der Waals surface area contributed by atoms with E-state index in [4.69, 9.17) is 14.6 Å². The first kappa shape index (κ1) is 18.5. The van der Waals surface area contributed by atoms with Gasteiger partial charge in [-0.05, 0) is 34.1 Å². The average Bonchev–Trinajstić information content (AvgIpc) is 2.34. The van der Waals surface area contributed by atoms with Gasteiger partial charge in [-0.15, -0.1) is 0 Å². The smallest absolute Gasteiger partial charge is 0.407 e. The number of piperidine rings is 1. The van der Waals surface area contributed by atoms with Gasteiger partial charge >= 0.3 is 12.2 Å². The highest BCUT2D eigenvalue weighted by molar-refractivity contribution is 5.68. The molecule has 0 aromatic carbocycles. The number of carbonyl (C=O) groups is 2. The summed E-state index contributed by atoms with van der Waals surface area (Å²) < 4.78 is 10.7. The molecule has 0 radical (unpaired) electrons. The lowest BCUT2D eigenvalue weighted by molar-refractivity contribution is -0.0485. The van der Waals surface area contributed by atoms with Crippen molar-refractivity contribution >= 4 is 12.2 Å². The molecule has 1 rings (SSSR count). The zero-order valence-corrected chi connectivity index (χ0v) is 13.5. The molecule has 0 spiro atoms. The van der Waals surface area contributed by atoms with Crippen molar-refractivity contribution in [1.82, 2.24) is 10.2 Å². The number of carbonyl (C=O) groups excluding carboxylic acids is 1. The van der Waals surface area contributed by atoms with Crippen molar-refractivity contribution in [3.63, 3.8) is 0 Å². The summed E-state index contributed by atoms with van der Waals surface area (Å²) >= 11 is 0. The van der Waals surface area contributed by atoms with Gasteiger partial charge < -0.3 is 29.9 Å². The van der Waals surface area contributed by atoms with Crippen LogP contribution in [0.2, 0.25) is 0 Å². The lowest BCUT2D eigenvalue weighted by atomic mass is 10.0. The number of ether oxygens (including phenoxy) is 2. The van der Waals surface area contributed by atoms with E-state index in [0.29, 0.717) is 13.0 Å². The molecule has 128 valence electrons.